The van der Waals surface area contributed by atoms with Crippen molar-refractivity contribution < 1.29 is 5.32 Å². The van der Waals surface area contributed by atoms with E-state index in [2.05, 4.69) is 40.1 Å². The zero-order valence-electron chi connectivity index (χ0n) is 12.0. The second kappa shape index (κ2) is 3.50. The Balaban J connectivity index is 1.94. The minimum absolute atomic E-state index is 0.429. The Labute approximate surface area is 107 Å². The summed E-state index contributed by atoms with van der Waals surface area (Å²) in [7, 11) is 4.16. The van der Waals surface area contributed by atoms with Gasteiger partial charge in [-0.05, 0) is 55.3 Å². The van der Waals surface area contributed by atoms with Gasteiger partial charge in [-0.1, -0.05) is 20.8 Å². The Morgan fingerprint density at radius 2 is 1.76 bits per heavy atom. The average molecular weight is 235 g/mol. The molecule has 3 aliphatic rings. The summed E-state index contributed by atoms with van der Waals surface area (Å²) in [6, 6.07) is 0. The number of rotatable bonds is 1. The molecular weight excluding hydrogens is 206 g/mol. The molecule has 3 rings (SSSR count). The van der Waals surface area contributed by atoms with Crippen LogP contribution in [0.4, 0.5) is 0 Å². The molecule has 3 fully saturated rings. The van der Waals surface area contributed by atoms with E-state index in [1.165, 1.54) is 25.7 Å². The van der Waals surface area contributed by atoms with Crippen molar-refractivity contribution in [3.05, 3.63) is 7.05 Å². The quantitative estimate of drug-likeness (QED) is 0.673. The Bertz CT molecular complexity index is 321. The van der Waals surface area contributed by atoms with Crippen LogP contribution in [0.1, 0.15) is 53.4 Å². The molecular formula is C16H29N. The van der Waals surface area contributed by atoms with Crippen LogP contribution in [0, 0.1) is 42.1 Å². The van der Waals surface area contributed by atoms with Gasteiger partial charge in [-0.3, -0.25) is 0 Å². The highest BCUT2D eigenvalue weighted by atomic mass is 15.0. The molecule has 98 valence electrons. The van der Waals surface area contributed by atoms with Crippen molar-refractivity contribution in [3.63, 3.8) is 0 Å². The summed E-state index contributed by atoms with van der Waals surface area (Å²) < 4.78 is 0. The van der Waals surface area contributed by atoms with E-state index in [0.29, 0.717) is 11.0 Å². The maximum absolute atomic E-state index is 4.16. The first-order valence-electron chi connectivity index (χ1n) is 7.55. The van der Waals surface area contributed by atoms with Crippen LogP contribution in [0.25, 0.3) is 0 Å². The van der Waals surface area contributed by atoms with E-state index in [1.54, 1.807) is 0 Å². The fourth-order valence-electron chi connectivity index (χ4n) is 5.61. The Kier molecular flexibility index (Phi) is 2.47. The number of hydrogen-bond donors (Lipinski definition) is 1. The highest BCUT2D eigenvalue weighted by Gasteiger charge is 2.67. The standard InChI is InChI=1S/C16H29N/c1-10-6-7-11-13(10)14-12(15(14,2)3)8-9-16(11,4)17-5/h10-14H,5-9,17H2,1-4H3/t10-,11+,12-,13-,14-,16-/m1/s1. The molecule has 0 saturated heterocycles. The van der Waals surface area contributed by atoms with Crippen LogP contribution in [-0.2, 0) is 0 Å². The molecule has 2 N–H and O–H groups in total. The van der Waals surface area contributed by atoms with Gasteiger partial charge in [0.2, 0.25) is 0 Å². The first-order valence-corrected chi connectivity index (χ1v) is 7.55. The van der Waals surface area contributed by atoms with Crippen LogP contribution in [0.2, 0.25) is 0 Å². The fourth-order valence-corrected chi connectivity index (χ4v) is 5.61. The summed E-state index contributed by atoms with van der Waals surface area (Å²) in [6.45, 7) is 10.0. The van der Waals surface area contributed by atoms with Crippen LogP contribution in [0.5, 0.6) is 0 Å². The highest BCUT2D eigenvalue weighted by molar-refractivity contribution is 5.14. The van der Waals surface area contributed by atoms with Gasteiger partial charge in [0.15, 0.2) is 0 Å². The third kappa shape index (κ3) is 1.47. The van der Waals surface area contributed by atoms with Gasteiger partial charge in [0, 0.05) is 12.3 Å². The predicted molar refractivity (Wildman–Crippen MR) is 71.1 cm³/mol. The molecule has 0 aromatic heterocycles. The van der Waals surface area contributed by atoms with Gasteiger partial charge in [0.05, 0.1) is 5.54 Å². The normalized spacial score (nSPS) is 55.9. The fraction of sp³-hybridized carbons (Fsp3) is 0.938. The zero-order valence-corrected chi connectivity index (χ0v) is 12.0. The molecule has 0 aromatic rings. The second-order valence-corrected chi connectivity index (χ2v) is 7.94. The molecule has 6 atom stereocenters. The van der Waals surface area contributed by atoms with Gasteiger partial charge in [0.25, 0.3) is 0 Å². The summed E-state index contributed by atoms with van der Waals surface area (Å²) in [5.74, 6) is 4.89. The molecule has 1 nitrogen and oxygen atoms in total. The molecule has 3 aliphatic carbocycles. The van der Waals surface area contributed by atoms with Gasteiger partial charge in [-0.2, -0.15) is 7.05 Å². The van der Waals surface area contributed by atoms with E-state index < -0.39 is 0 Å². The molecule has 0 heterocycles. The van der Waals surface area contributed by atoms with Crippen molar-refractivity contribution in [2.24, 2.45) is 35.0 Å². The largest absolute Gasteiger partial charge is 0.474 e. The molecule has 0 unspecified atom stereocenters. The minimum atomic E-state index is 0.429. The summed E-state index contributed by atoms with van der Waals surface area (Å²) in [6.07, 6.45) is 5.74. The molecule has 1 heteroatoms. The Morgan fingerprint density at radius 3 is 2.41 bits per heavy atom. The molecule has 17 heavy (non-hydrogen) atoms. The Morgan fingerprint density at radius 1 is 1.06 bits per heavy atom. The van der Waals surface area contributed by atoms with Crippen LogP contribution in [0.3, 0.4) is 0 Å². The maximum atomic E-state index is 4.16. The molecule has 0 aromatic carbocycles. The highest BCUT2D eigenvalue weighted by Crippen LogP contribution is 2.70. The lowest BCUT2D eigenvalue weighted by Gasteiger charge is -2.39. The van der Waals surface area contributed by atoms with Gasteiger partial charge >= 0.3 is 0 Å². The van der Waals surface area contributed by atoms with Crippen molar-refractivity contribution in [3.8, 4) is 0 Å². The summed E-state index contributed by atoms with van der Waals surface area (Å²) in [5.41, 5.74) is 1.07. The van der Waals surface area contributed by atoms with Crippen LogP contribution in [0.15, 0.2) is 0 Å². The summed E-state index contributed by atoms with van der Waals surface area (Å²) >= 11 is 0. The van der Waals surface area contributed by atoms with E-state index in [9.17, 15) is 0 Å². The van der Waals surface area contributed by atoms with Crippen molar-refractivity contribution in [1.82, 2.24) is 0 Å². The molecule has 0 amide bonds. The maximum Gasteiger partial charge on any atom is 0.0726 e. The average Bonchev–Trinajstić information content (AvgIpc) is 2.65. The van der Waals surface area contributed by atoms with Crippen LogP contribution in [-0.4, -0.2) is 5.54 Å². The molecule has 0 radical (unpaired) electrons. The van der Waals surface area contributed by atoms with Crippen molar-refractivity contribution in [2.75, 3.05) is 0 Å². The van der Waals surface area contributed by atoms with E-state index >= 15 is 0 Å². The second-order valence-electron chi connectivity index (χ2n) is 7.94. The number of fused-ring (bicyclic) bond motifs is 3. The van der Waals surface area contributed by atoms with Gasteiger partial charge in [-0.15, -0.1) is 0 Å². The van der Waals surface area contributed by atoms with Crippen molar-refractivity contribution in [1.29, 1.82) is 0 Å². The first-order chi connectivity index (χ1) is 7.92. The van der Waals surface area contributed by atoms with E-state index in [1.807, 2.05) is 0 Å². The summed E-state index contributed by atoms with van der Waals surface area (Å²) in [4.78, 5) is 0. The summed E-state index contributed by atoms with van der Waals surface area (Å²) in [5, 5.41) is 2.29. The van der Waals surface area contributed by atoms with Gasteiger partial charge in [0.1, 0.15) is 0 Å². The van der Waals surface area contributed by atoms with Crippen LogP contribution < -0.4 is 5.32 Å². The number of quaternary nitrogens is 1. The molecule has 3 saturated carbocycles. The Hall–Kier alpha value is -0.0400. The number of nitrogens with two attached hydrogens (primary N) is 1. The first kappa shape index (κ1) is 12.0. The van der Waals surface area contributed by atoms with Gasteiger partial charge in [-0.25, -0.2) is 0 Å². The molecule has 0 spiro atoms. The monoisotopic (exact) mass is 235 g/mol. The van der Waals surface area contributed by atoms with Crippen LogP contribution >= 0.6 is 0 Å². The SMILES string of the molecule is [CH2-][NH2+][C@]1(C)CC[C@@H]2[C@H]([C@@H]3[C@H](C)CC[C@@H]31)C2(C)C. The van der Waals surface area contributed by atoms with Crippen molar-refractivity contribution in [2.45, 2.75) is 58.9 Å². The van der Waals surface area contributed by atoms with Gasteiger partial charge < -0.3 is 5.32 Å². The molecule has 0 aliphatic heterocycles. The smallest absolute Gasteiger partial charge is 0.0726 e. The van der Waals surface area contributed by atoms with E-state index in [-0.39, 0.29) is 0 Å². The minimum Gasteiger partial charge on any atom is -0.474 e. The third-order valence-corrected chi connectivity index (χ3v) is 6.92. The zero-order chi connectivity index (χ0) is 12.4. The van der Waals surface area contributed by atoms with Crippen molar-refractivity contribution >= 4 is 0 Å². The van der Waals surface area contributed by atoms with E-state index in [0.717, 1.165) is 29.6 Å². The lowest BCUT2D eigenvalue weighted by Crippen LogP contribution is -2.92. The van der Waals surface area contributed by atoms with E-state index in [4.69, 9.17) is 0 Å². The number of hydrogen-bond acceptors (Lipinski definition) is 0. The molecule has 0 bridgehead atoms. The lowest BCUT2D eigenvalue weighted by atomic mass is 9.72. The topological polar surface area (TPSA) is 16.6 Å². The third-order valence-electron chi connectivity index (χ3n) is 6.92. The predicted octanol–water partition coefficient (Wildman–Crippen LogP) is 2.83. The lowest BCUT2D eigenvalue weighted by molar-refractivity contribution is -0.683.